The summed E-state index contributed by atoms with van der Waals surface area (Å²) in [5.74, 6) is -0.571. The molecule has 0 bridgehead atoms. The van der Waals surface area contributed by atoms with Crippen LogP contribution in [0.1, 0.15) is 12.6 Å². The number of carbonyl (C=O) groups is 1. The molecule has 12 heavy (non-hydrogen) atoms. The predicted molar refractivity (Wildman–Crippen MR) is 41.0 cm³/mol. The lowest BCUT2D eigenvalue weighted by molar-refractivity contribution is -0.143. The molecule has 1 radical (unpaired) electrons. The zero-order chi connectivity index (χ0) is 8.97. The highest BCUT2D eigenvalue weighted by Gasteiger charge is 2.14. The van der Waals surface area contributed by atoms with Gasteiger partial charge in [-0.15, -0.1) is 5.10 Å². The number of ether oxygens (including phenoxy) is 1. The van der Waals surface area contributed by atoms with Gasteiger partial charge in [-0.25, -0.2) is 0 Å². The third-order valence-electron chi connectivity index (χ3n) is 1.43. The van der Waals surface area contributed by atoms with Crippen LogP contribution in [0.15, 0.2) is 6.20 Å². The Kier molecular flexibility index (Phi) is 2.79. The zero-order valence-corrected chi connectivity index (χ0v) is 6.94. The third kappa shape index (κ3) is 2.05. The van der Waals surface area contributed by atoms with Gasteiger partial charge in [0.25, 0.3) is 0 Å². The molecule has 5 nitrogen and oxygen atoms in total. The standard InChI is InChI=1S/C7H10N3O2/c1-5(7(11)12-2)3-6-4-8-10-9-6/h3-5H,1-2H3,(H,8,9,10). The molecule has 0 saturated carbocycles. The largest absolute Gasteiger partial charge is 0.469 e. The molecule has 0 aliphatic heterocycles. The Morgan fingerprint density at radius 1 is 1.83 bits per heavy atom. The van der Waals surface area contributed by atoms with Gasteiger partial charge in [-0.3, -0.25) is 9.89 Å². The molecule has 1 N–H and O–H groups in total. The average Bonchev–Trinajstić information content (AvgIpc) is 2.55. The van der Waals surface area contributed by atoms with Crippen molar-refractivity contribution in [2.24, 2.45) is 5.92 Å². The first-order chi connectivity index (χ1) is 5.74. The fourth-order valence-corrected chi connectivity index (χ4v) is 0.802. The Balaban J connectivity index is 2.47. The van der Waals surface area contributed by atoms with E-state index >= 15 is 0 Å². The van der Waals surface area contributed by atoms with Gasteiger partial charge in [0, 0.05) is 12.6 Å². The van der Waals surface area contributed by atoms with Crippen molar-refractivity contribution in [2.45, 2.75) is 6.92 Å². The first-order valence-electron chi connectivity index (χ1n) is 3.53. The molecule has 0 saturated heterocycles. The van der Waals surface area contributed by atoms with Crippen molar-refractivity contribution in [2.75, 3.05) is 7.11 Å². The molecule has 0 aromatic carbocycles. The Hall–Kier alpha value is -1.39. The average molecular weight is 168 g/mol. The topological polar surface area (TPSA) is 67.9 Å². The Bertz CT molecular complexity index is 245. The first kappa shape index (κ1) is 8.70. The Labute approximate surface area is 70.1 Å². The maximum absolute atomic E-state index is 10.9. The predicted octanol–water partition coefficient (Wildman–Crippen LogP) is 0.166. The summed E-state index contributed by atoms with van der Waals surface area (Å²) < 4.78 is 4.53. The van der Waals surface area contributed by atoms with E-state index in [9.17, 15) is 4.79 Å². The molecule has 1 unspecified atom stereocenters. The number of aromatic nitrogens is 3. The lowest BCUT2D eigenvalue weighted by atomic mass is 10.1. The number of nitrogens with zero attached hydrogens (tertiary/aromatic N) is 2. The van der Waals surface area contributed by atoms with Crippen LogP contribution >= 0.6 is 0 Å². The smallest absolute Gasteiger partial charge is 0.309 e. The van der Waals surface area contributed by atoms with E-state index in [4.69, 9.17) is 0 Å². The van der Waals surface area contributed by atoms with E-state index in [0.717, 1.165) is 0 Å². The fourth-order valence-electron chi connectivity index (χ4n) is 0.802. The maximum Gasteiger partial charge on any atom is 0.309 e. The molecule has 1 heterocycles. The molecule has 65 valence electrons. The number of hydrogen-bond acceptors (Lipinski definition) is 4. The van der Waals surface area contributed by atoms with Crippen LogP contribution in [0.5, 0.6) is 0 Å². The normalized spacial score (nSPS) is 12.5. The molecule has 0 fully saturated rings. The summed E-state index contributed by atoms with van der Waals surface area (Å²) >= 11 is 0. The fraction of sp³-hybridized carbons (Fsp3) is 0.429. The van der Waals surface area contributed by atoms with Gasteiger partial charge in [-0.05, 0) is 0 Å². The lowest BCUT2D eigenvalue weighted by Crippen LogP contribution is -2.13. The number of hydrogen-bond donors (Lipinski definition) is 1. The number of rotatable bonds is 3. The second kappa shape index (κ2) is 3.85. The van der Waals surface area contributed by atoms with Gasteiger partial charge >= 0.3 is 5.97 Å². The van der Waals surface area contributed by atoms with Crippen LogP contribution in [0.3, 0.4) is 0 Å². The lowest BCUT2D eigenvalue weighted by Gasteiger charge is -2.04. The summed E-state index contributed by atoms with van der Waals surface area (Å²) in [4.78, 5) is 10.9. The maximum atomic E-state index is 10.9. The van der Waals surface area contributed by atoms with Gasteiger partial charge < -0.3 is 4.74 Å². The number of aromatic amines is 1. The second-order valence-electron chi connectivity index (χ2n) is 2.38. The summed E-state index contributed by atoms with van der Waals surface area (Å²) in [6, 6.07) is 0. The van der Waals surface area contributed by atoms with Crippen LogP contribution in [0, 0.1) is 12.3 Å². The van der Waals surface area contributed by atoms with Crippen molar-refractivity contribution in [3.8, 4) is 0 Å². The molecule has 1 aromatic rings. The van der Waals surface area contributed by atoms with E-state index in [1.165, 1.54) is 7.11 Å². The van der Waals surface area contributed by atoms with Gasteiger partial charge in [0.05, 0.1) is 18.7 Å². The summed E-state index contributed by atoms with van der Waals surface area (Å²) in [6.07, 6.45) is 3.29. The van der Waals surface area contributed by atoms with Crippen LogP contribution in [0.2, 0.25) is 0 Å². The van der Waals surface area contributed by atoms with Crippen molar-refractivity contribution >= 4 is 5.97 Å². The van der Waals surface area contributed by atoms with E-state index in [-0.39, 0.29) is 11.9 Å². The molecular formula is C7H10N3O2. The Morgan fingerprint density at radius 2 is 2.58 bits per heavy atom. The van der Waals surface area contributed by atoms with Crippen LogP contribution < -0.4 is 0 Å². The van der Waals surface area contributed by atoms with E-state index in [2.05, 4.69) is 20.1 Å². The SMILES string of the molecule is COC(=O)C(C)[CH]c1c[nH]nn1. The minimum absolute atomic E-state index is 0.280. The van der Waals surface area contributed by atoms with Crippen LogP contribution in [-0.2, 0) is 9.53 Å². The molecule has 0 spiro atoms. The van der Waals surface area contributed by atoms with Crippen molar-refractivity contribution in [1.82, 2.24) is 15.4 Å². The van der Waals surface area contributed by atoms with Crippen LogP contribution in [-0.4, -0.2) is 28.5 Å². The second-order valence-corrected chi connectivity index (χ2v) is 2.38. The van der Waals surface area contributed by atoms with Crippen molar-refractivity contribution in [3.63, 3.8) is 0 Å². The first-order valence-corrected chi connectivity index (χ1v) is 3.53. The molecule has 1 rings (SSSR count). The van der Waals surface area contributed by atoms with Crippen LogP contribution in [0.4, 0.5) is 0 Å². The van der Waals surface area contributed by atoms with Crippen LogP contribution in [0.25, 0.3) is 0 Å². The zero-order valence-electron chi connectivity index (χ0n) is 6.94. The van der Waals surface area contributed by atoms with Gasteiger partial charge in [0.2, 0.25) is 0 Å². The van der Waals surface area contributed by atoms with E-state index in [1.807, 2.05) is 0 Å². The number of H-pyrrole nitrogens is 1. The molecule has 5 heteroatoms. The van der Waals surface area contributed by atoms with Gasteiger partial charge in [0.15, 0.2) is 0 Å². The van der Waals surface area contributed by atoms with E-state index in [0.29, 0.717) is 5.69 Å². The number of methoxy groups -OCH3 is 1. The highest BCUT2D eigenvalue weighted by Crippen LogP contribution is 2.07. The van der Waals surface area contributed by atoms with Gasteiger partial charge in [-0.2, -0.15) is 0 Å². The van der Waals surface area contributed by atoms with Gasteiger partial charge in [0.1, 0.15) is 0 Å². The van der Waals surface area contributed by atoms with Gasteiger partial charge in [-0.1, -0.05) is 12.1 Å². The third-order valence-corrected chi connectivity index (χ3v) is 1.43. The van der Waals surface area contributed by atoms with Crippen molar-refractivity contribution in [3.05, 3.63) is 18.3 Å². The molecule has 0 aliphatic rings. The summed E-state index contributed by atoms with van der Waals surface area (Å²) in [6.45, 7) is 1.74. The summed E-state index contributed by atoms with van der Waals surface area (Å²) in [5, 5.41) is 9.75. The molecule has 1 atom stereocenters. The minimum atomic E-state index is -0.292. The molecule has 0 amide bonds. The summed E-state index contributed by atoms with van der Waals surface area (Å²) in [7, 11) is 1.36. The molecular weight excluding hydrogens is 158 g/mol. The van der Waals surface area contributed by atoms with Crippen molar-refractivity contribution in [1.29, 1.82) is 0 Å². The number of nitrogens with one attached hydrogen (secondary N) is 1. The summed E-state index contributed by atoms with van der Waals surface area (Å²) in [5.41, 5.74) is 0.646. The van der Waals surface area contributed by atoms with E-state index < -0.39 is 0 Å². The monoisotopic (exact) mass is 168 g/mol. The van der Waals surface area contributed by atoms with Crippen molar-refractivity contribution < 1.29 is 9.53 Å². The Morgan fingerprint density at radius 3 is 3.08 bits per heavy atom. The quantitative estimate of drug-likeness (QED) is 0.653. The highest BCUT2D eigenvalue weighted by atomic mass is 16.5. The number of carbonyl (C=O) groups excluding carboxylic acids is 1. The molecule has 1 aromatic heterocycles. The highest BCUT2D eigenvalue weighted by molar-refractivity contribution is 5.73. The minimum Gasteiger partial charge on any atom is -0.469 e. The van der Waals surface area contributed by atoms with E-state index in [1.54, 1.807) is 19.5 Å². The number of esters is 1. The molecule has 0 aliphatic carbocycles.